The number of nitrogens with zero attached hydrogens (tertiary/aromatic N) is 2. The van der Waals surface area contributed by atoms with Crippen molar-refractivity contribution in [1.82, 2.24) is 10.2 Å². The van der Waals surface area contributed by atoms with E-state index in [0.29, 0.717) is 5.92 Å². The van der Waals surface area contributed by atoms with Gasteiger partial charge in [0.15, 0.2) is 5.96 Å². The Hall–Kier alpha value is -1.51. The second-order valence-electron chi connectivity index (χ2n) is 6.26. The van der Waals surface area contributed by atoms with E-state index in [1.54, 1.807) is 0 Å². The Balaban J connectivity index is 1.93. The number of benzene rings is 1. The lowest BCUT2D eigenvalue weighted by atomic mass is 10.0. The lowest BCUT2D eigenvalue weighted by Crippen LogP contribution is -2.46. The molecule has 1 aliphatic heterocycles. The van der Waals surface area contributed by atoms with Crippen LogP contribution < -0.4 is 5.32 Å². The van der Waals surface area contributed by atoms with Crippen LogP contribution in [-0.2, 0) is 6.54 Å². The molecule has 1 N–H and O–H groups in total. The van der Waals surface area contributed by atoms with E-state index >= 15 is 0 Å². The highest BCUT2D eigenvalue weighted by molar-refractivity contribution is 5.82. The summed E-state index contributed by atoms with van der Waals surface area (Å²) in [7, 11) is 2.10. The SMILES string of the molecule is CC(C)c1ccc(CNC2=NCC(C)(C)N2C)cc1. The molecule has 0 aliphatic carbocycles. The fourth-order valence-corrected chi connectivity index (χ4v) is 2.14. The first kappa shape index (κ1) is 13.9. The molecule has 0 saturated heterocycles. The average Bonchev–Trinajstić information content (AvgIpc) is 2.63. The van der Waals surface area contributed by atoms with Crippen LogP contribution in [0.15, 0.2) is 29.3 Å². The molecule has 2 rings (SSSR count). The number of hydrogen-bond donors (Lipinski definition) is 1. The highest BCUT2D eigenvalue weighted by Crippen LogP contribution is 2.19. The van der Waals surface area contributed by atoms with Crippen LogP contribution in [0.3, 0.4) is 0 Å². The minimum Gasteiger partial charge on any atom is -0.352 e. The van der Waals surface area contributed by atoms with E-state index in [4.69, 9.17) is 0 Å². The Labute approximate surface area is 116 Å². The fraction of sp³-hybridized carbons (Fsp3) is 0.562. The van der Waals surface area contributed by atoms with E-state index in [-0.39, 0.29) is 5.54 Å². The Bertz CT molecular complexity index is 457. The molecule has 104 valence electrons. The number of nitrogens with one attached hydrogen (secondary N) is 1. The summed E-state index contributed by atoms with van der Waals surface area (Å²) in [5, 5.41) is 3.43. The Morgan fingerprint density at radius 1 is 1.26 bits per heavy atom. The topological polar surface area (TPSA) is 27.6 Å². The molecular formula is C16H25N3. The summed E-state index contributed by atoms with van der Waals surface area (Å²) >= 11 is 0. The predicted molar refractivity (Wildman–Crippen MR) is 81.5 cm³/mol. The molecule has 0 radical (unpaired) electrons. The van der Waals surface area contributed by atoms with Gasteiger partial charge in [0.1, 0.15) is 0 Å². The highest BCUT2D eigenvalue weighted by Gasteiger charge is 2.31. The van der Waals surface area contributed by atoms with E-state index in [2.05, 4.69) is 74.2 Å². The van der Waals surface area contributed by atoms with Crippen molar-refractivity contribution in [3.8, 4) is 0 Å². The molecular weight excluding hydrogens is 234 g/mol. The van der Waals surface area contributed by atoms with Gasteiger partial charge < -0.3 is 10.2 Å². The summed E-state index contributed by atoms with van der Waals surface area (Å²) < 4.78 is 0. The van der Waals surface area contributed by atoms with Crippen molar-refractivity contribution in [2.45, 2.75) is 45.7 Å². The van der Waals surface area contributed by atoms with Crippen molar-refractivity contribution >= 4 is 5.96 Å². The zero-order valence-corrected chi connectivity index (χ0v) is 12.7. The normalized spacial score (nSPS) is 17.8. The van der Waals surface area contributed by atoms with Crippen molar-refractivity contribution in [2.75, 3.05) is 13.6 Å². The van der Waals surface area contributed by atoms with Crippen molar-refractivity contribution in [3.63, 3.8) is 0 Å². The Morgan fingerprint density at radius 3 is 2.37 bits per heavy atom. The molecule has 1 aliphatic rings. The van der Waals surface area contributed by atoms with Crippen molar-refractivity contribution in [1.29, 1.82) is 0 Å². The average molecular weight is 259 g/mol. The van der Waals surface area contributed by atoms with Gasteiger partial charge in [-0.1, -0.05) is 38.1 Å². The van der Waals surface area contributed by atoms with Gasteiger partial charge >= 0.3 is 0 Å². The molecule has 1 aromatic carbocycles. The van der Waals surface area contributed by atoms with Gasteiger partial charge in [-0.05, 0) is 30.9 Å². The minimum absolute atomic E-state index is 0.129. The molecule has 0 amide bonds. The van der Waals surface area contributed by atoms with Gasteiger partial charge in [-0.3, -0.25) is 4.99 Å². The van der Waals surface area contributed by atoms with Gasteiger partial charge in [-0.15, -0.1) is 0 Å². The Morgan fingerprint density at radius 2 is 1.89 bits per heavy atom. The summed E-state index contributed by atoms with van der Waals surface area (Å²) in [6.07, 6.45) is 0. The lowest BCUT2D eigenvalue weighted by molar-refractivity contribution is 0.286. The van der Waals surface area contributed by atoms with E-state index < -0.39 is 0 Å². The van der Waals surface area contributed by atoms with Gasteiger partial charge in [-0.25, -0.2) is 0 Å². The summed E-state index contributed by atoms with van der Waals surface area (Å²) in [5.74, 6) is 1.59. The number of rotatable bonds is 3. The summed E-state index contributed by atoms with van der Waals surface area (Å²) in [4.78, 5) is 6.78. The zero-order chi connectivity index (χ0) is 14.0. The smallest absolute Gasteiger partial charge is 0.194 e. The van der Waals surface area contributed by atoms with Gasteiger partial charge in [0.05, 0.1) is 12.1 Å². The molecule has 0 saturated carbocycles. The molecule has 1 aromatic rings. The van der Waals surface area contributed by atoms with Crippen LogP contribution in [0, 0.1) is 0 Å². The monoisotopic (exact) mass is 259 g/mol. The maximum atomic E-state index is 4.56. The van der Waals surface area contributed by atoms with E-state index in [1.165, 1.54) is 11.1 Å². The first-order valence-corrected chi connectivity index (χ1v) is 7.01. The maximum Gasteiger partial charge on any atom is 0.194 e. The number of hydrogen-bond acceptors (Lipinski definition) is 3. The van der Waals surface area contributed by atoms with Gasteiger partial charge in [0.25, 0.3) is 0 Å². The molecule has 0 bridgehead atoms. The van der Waals surface area contributed by atoms with Crippen LogP contribution in [0.1, 0.15) is 44.7 Å². The lowest BCUT2D eigenvalue weighted by Gasteiger charge is -2.30. The Kier molecular flexibility index (Phi) is 3.83. The molecule has 3 heteroatoms. The summed E-state index contributed by atoms with van der Waals surface area (Å²) in [6.45, 7) is 10.6. The third kappa shape index (κ3) is 3.09. The number of aliphatic imine (C=N–C) groups is 1. The molecule has 19 heavy (non-hydrogen) atoms. The molecule has 0 atom stereocenters. The fourth-order valence-electron chi connectivity index (χ4n) is 2.14. The second kappa shape index (κ2) is 5.24. The first-order valence-electron chi connectivity index (χ1n) is 7.01. The van der Waals surface area contributed by atoms with E-state index in [9.17, 15) is 0 Å². The third-order valence-electron chi connectivity index (χ3n) is 3.94. The zero-order valence-electron chi connectivity index (χ0n) is 12.7. The van der Waals surface area contributed by atoms with Crippen molar-refractivity contribution in [2.24, 2.45) is 4.99 Å². The van der Waals surface area contributed by atoms with Gasteiger partial charge in [0, 0.05) is 13.6 Å². The third-order valence-corrected chi connectivity index (χ3v) is 3.94. The molecule has 0 fully saturated rings. The summed E-state index contributed by atoms with van der Waals surface area (Å²) in [6, 6.07) is 8.82. The van der Waals surface area contributed by atoms with Gasteiger partial charge in [-0.2, -0.15) is 0 Å². The quantitative estimate of drug-likeness (QED) is 0.903. The number of likely N-dealkylation sites (N-methyl/N-ethyl adjacent to an activating group) is 1. The van der Waals surface area contributed by atoms with Crippen LogP contribution in [0.25, 0.3) is 0 Å². The summed E-state index contributed by atoms with van der Waals surface area (Å²) in [5.41, 5.74) is 2.81. The number of guanidine groups is 1. The van der Waals surface area contributed by atoms with Crippen molar-refractivity contribution < 1.29 is 0 Å². The van der Waals surface area contributed by atoms with E-state index in [0.717, 1.165) is 19.0 Å². The molecule has 0 unspecified atom stereocenters. The molecule has 1 heterocycles. The maximum absolute atomic E-state index is 4.56. The minimum atomic E-state index is 0.129. The second-order valence-corrected chi connectivity index (χ2v) is 6.26. The first-order chi connectivity index (χ1) is 8.90. The standard InChI is InChI=1S/C16H25N3/c1-12(2)14-8-6-13(7-9-14)10-17-15-18-11-16(3,4)19(15)5/h6-9,12H,10-11H2,1-5H3,(H,17,18). The van der Waals surface area contributed by atoms with Crippen LogP contribution in [0.5, 0.6) is 0 Å². The van der Waals surface area contributed by atoms with Crippen LogP contribution in [0.2, 0.25) is 0 Å². The van der Waals surface area contributed by atoms with Crippen LogP contribution in [0.4, 0.5) is 0 Å². The van der Waals surface area contributed by atoms with E-state index in [1.807, 2.05) is 0 Å². The highest BCUT2D eigenvalue weighted by atomic mass is 15.4. The molecule has 3 nitrogen and oxygen atoms in total. The largest absolute Gasteiger partial charge is 0.352 e. The van der Waals surface area contributed by atoms with Gasteiger partial charge in [0.2, 0.25) is 0 Å². The predicted octanol–water partition coefficient (Wildman–Crippen LogP) is 2.98. The van der Waals surface area contributed by atoms with Crippen molar-refractivity contribution in [3.05, 3.63) is 35.4 Å². The molecule has 0 spiro atoms. The van der Waals surface area contributed by atoms with Crippen LogP contribution in [-0.4, -0.2) is 30.0 Å². The molecule has 0 aromatic heterocycles. The van der Waals surface area contributed by atoms with Crippen LogP contribution >= 0.6 is 0 Å².